The summed E-state index contributed by atoms with van der Waals surface area (Å²) >= 11 is 0. The van der Waals surface area contributed by atoms with Crippen molar-refractivity contribution in [2.24, 2.45) is 0 Å². The molecule has 0 spiro atoms. The number of rotatable bonds is 3. The van der Waals surface area contributed by atoms with Crippen LogP contribution in [-0.4, -0.2) is 14.8 Å². The lowest BCUT2D eigenvalue weighted by molar-refractivity contribution is 0.919. The van der Waals surface area contributed by atoms with Crippen LogP contribution >= 0.6 is 0 Å². The lowest BCUT2D eigenvalue weighted by Crippen LogP contribution is -1.90. The van der Waals surface area contributed by atoms with Crippen molar-refractivity contribution in [1.29, 1.82) is 0 Å². The van der Waals surface area contributed by atoms with Crippen molar-refractivity contribution in [3.05, 3.63) is 42.5 Å². The second-order valence-corrected chi connectivity index (χ2v) is 3.29. The zero-order valence-electron chi connectivity index (χ0n) is 8.22. The van der Waals surface area contributed by atoms with Crippen molar-refractivity contribution < 1.29 is 0 Å². The van der Waals surface area contributed by atoms with Gasteiger partial charge in [-0.2, -0.15) is 0 Å². The molecule has 3 heteroatoms. The van der Waals surface area contributed by atoms with E-state index in [4.69, 9.17) is 0 Å². The number of benzene rings is 1. The summed E-state index contributed by atoms with van der Waals surface area (Å²) in [6.45, 7) is 2.19. The number of aromatic nitrogens is 3. The molecular weight excluding hydrogens is 174 g/mol. The maximum absolute atomic E-state index is 3.77. The van der Waals surface area contributed by atoms with Gasteiger partial charge in [-0.05, 0) is 24.1 Å². The van der Waals surface area contributed by atoms with Gasteiger partial charge in [-0.3, -0.25) is 4.57 Å². The second-order valence-electron chi connectivity index (χ2n) is 3.29. The zero-order chi connectivity index (χ0) is 9.80. The maximum atomic E-state index is 3.77. The lowest BCUT2D eigenvalue weighted by atomic mass is 10.1. The smallest absolute Gasteiger partial charge is 0.123 e. The molecule has 0 amide bonds. The van der Waals surface area contributed by atoms with Gasteiger partial charge in [0.25, 0.3) is 0 Å². The molecule has 14 heavy (non-hydrogen) atoms. The van der Waals surface area contributed by atoms with E-state index in [9.17, 15) is 0 Å². The summed E-state index contributed by atoms with van der Waals surface area (Å²) in [6, 6.07) is 8.49. The normalized spacial score (nSPS) is 10.4. The SMILES string of the molecule is CCCc1ccc(-n2cnnc2)cc1. The summed E-state index contributed by atoms with van der Waals surface area (Å²) in [7, 11) is 0. The Labute approximate surface area is 83.4 Å². The van der Waals surface area contributed by atoms with Crippen molar-refractivity contribution in [2.45, 2.75) is 19.8 Å². The monoisotopic (exact) mass is 187 g/mol. The van der Waals surface area contributed by atoms with Crippen LogP contribution < -0.4 is 0 Å². The quantitative estimate of drug-likeness (QED) is 0.737. The van der Waals surface area contributed by atoms with Gasteiger partial charge in [0.15, 0.2) is 0 Å². The van der Waals surface area contributed by atoms with E-state index >= 15 is 0 Å². The molecule has 0 radical (unpaired) electrons. The Kier molecular flexibility index (Phi) is 2.58. The summed E-state index contributed by atoms with van der Waals surface area (Å²) in [5.74, 6) is 0. The molecule has 0 N–H and O–H groups in total. The van der Waals surface area contributed by atoms with Gasteiger partial charge in [-0.1, -0.05) is 25.5 Å². The third-order valence-corrected chi connectivity index (χ3v) is 2.19. The van der Waals surface area contributed by atoms with Crippen LogP contribution in [0.2, 0.25) is 0 Å². The number of hydrogen-bond donors (Lipinski definition) is 0. The Hall–Kier alpha value is -1.64. The highest BCUT2D eigenvalue weighted by atomic mass is 15.2. The van der Waals surface area contributed by atoms with Crippen molar-refractivity contribution in [3.63, 3.8) is 0 Å². The molecule has 0 aliphatic heterocycles. The van der Waals surface area contributed by atoms with E-state index in [1.54, 1.807) is 12.7 Å². The van der Waals surface area contributed by atoms with E-state index in [-0.39, 0.29) is 0 Å². The molecule has 0 saturated heterocycles. The molecule has 0 fully saturated rings. The Morgan fingerprint density at radius 2 is 1.71 bits per heavy atom. The summed E-state index contributed by atoms with van der Waals surface area (Å²) in [5.41, 5.74) is 2.49. The van der Waals surface area contributed by atoms with Crippen LogP contribution in [0.25, 0.3) is 5.69 Å². The van der Waals surface area contributed by atoms with E-state index in [2.05, 4.69) is 41.4 Å². The average Bonchev–Trinajstić information content (AvgIpc) is 2.72. The van der Waals surface area contributed by atoms with Gasteiger partial charge in [0, 0.05) is 5.69 Å². The fourth-order valence-electron chi connectivity index (χ4n) is 1.46. The summed E-state index contributed by atoms with van der Waals surface area (Å²) in [4.78, 5) is 0. The molecule has 0 unspecified atom stereocenters. The van der Waals surface area contributed by atoms with Gasteiger partial charge in [0.2, 0.25) is 0 Å². The molecule has 1 aromatic carbocycles. The van der Waals surface area contributed by atoms with Crippen LogP contribution in [0.1, 0.15) is 18.9 Å². The van der Waals surface area contributed by atoms with Gasteiger partial charge < -0.3 is 0 Å². The Morgan fingerprint density at radius 1 is 1.07 bits per heavy atom. The topological polar surface area (TPSA) is 30.7 Å². The number of aryl methyl sites for hydroxylation is 1. The lowest BCUT2D eigenvalue weighted by Gasteiger charge is -2.02. The van der Waals surface area contributed by atoms with Gasteiger partial charge in [0.05, 0.1) is 0 Å². The molecule has 0 bridgehead atoms. The van der Waals surface area contributed by atoms with E-state index in [1.807, 2.05) is 4.57 Å². The van der Waals surface area contributed by atoms with Gasteiger partial charge in [0.1, 0.15) is 12.7 Å². The maximum Gasteiger partial charge on any atom is 0.123 e. The zero-order valence-corrected chi connectivity index (χ0v) is 8.22. The first-order valence-corrected chi connectivity index (χ1v) is 4.84. The molecule has 2 rings (SSSR count). The molecule has 72 valence electrons. The van der Waals surface area contributed by atoms with Crippen LogP contribution in [0, 0.1) is 0 Å². The predicted molar refractivity (Wildman–Crippen MR) is 55.4 cm³/mol. The van der Waals surface area contributed by atoms with Crippen LogP contribution in [-0.2, 0) is 6.42 Å². The first-order chi connectivity index (χ1) is 6.90. The molecule has 1 heterocycles. The van der Waals surface area contributed by atoms with Crippen molar-refractivity contribution in [3.8, 4) is 5.69 Å². The molecule has 0 saturated carbocycles. The van der Waals surface area contributed by atoms with Gasteiger partial charge in [-0.15, -0.1) is 10.2 Å². The highest BCUT2D eigenvalue weighted by Gasteiger charge is 1.95. The molecular formula is C11H13N3. The van der Waals surface area contributed by atoms with E-state index in [1.165, 1.54) is 12.0 Å². The average molecular weight is 187 g/mol. The van der Waals surface area contributed by atoms with Crippen molar-refractivity contribution in [1.82, 2.24) is 14.8 Å². The number of hydrogen-bond acceptors (Lipinski definition) is 2. The van der Waals surface area contributed by atoms with Crippen LogP contribution in [0.3, 0.4) is 0 Å². The minimum Gasteiger partial charge on any atom is -0.288 e. The molecule has 0 aliphatic rings. The van der Waals surface area contributed by atoms with E-state index in [0.29, 0.717) is 0 Å². The summed E-state index contributed by atoms with van der Waals surface area (Å²) < 4.78 is 1.90. The fraction of sp³-hybridized carbons (Fsp3) is 0.273. The second kappa shape index (κ2) is 4.05. The molecule has 0 atom stereocenters. The molecule has 1 aromatic heterocycles. The number of nitrogens with zero attached hydrogens (tertiary/aromatic N) is 3. The highest BCUT2D eigenvalue weighted by Crippen LogP contribution is 2.09. The molecule has 2 aromatic rings. The van der Waals surface area contributed by atoms with Crippen LogP contribution in [0.5, 0.6) is 0 Å². The summed E-state index contributed by atoms with van der Waals surface area (Å²) in [6.07, 6.45) is 5.73. The largest absolute Gasteiger partial charge is 0.288 e. The molecule has 3 nitrogen and oxygen atoms in total. The summed E-state index contributed by atoms with van der Waals surface area (Å²) in [5, 5.41) is 7.54. The van der Waals surface area contributed by atoms with Crippen LogP contribution in [0.15, 0.2) is 36.9 Å². The third-order valence-electron chi connectivity index (χ3n) is 2.19. The Morgan fingerprint density at radius 3 is 2.29 bits per heavy atom. The highest BCUT2D eigenvalue weighted by molar-refractivity contribution is 5.34. The predicted octanol–water partition coefficient (Wildman–Crippen LogP) is 2.22. The Balaban J connectivity index is 2.22. The first kappa shape index (κ1) is 8.94. The fourth-order valence-corrected chi connectivity index (χ4v) is 1.46. The van der Waals surface area contributed by atoms with Crippen molar-refractivity contribution in [2.75, 3.05) is 0 Å². The third kappa shape index (κ3) is 1.82. The van der Waals surface area contributed by atoms with Crippen molar-refractivity contribution >= 4 is 0 Å². The standard InChI is InChI=1S/C11H13N3/c1-2-3-10-4-6-11(7-5-10)14-8-12-13-9-14/h4-9H,2-3H2,1H3. The van der Waals surface area contributed by atoms with E-state index < -0.39 is 0 Å². The Bertz CT molecular complexity index is 375. The minimum absolute atomic E-state index is 1.11. The first-order valence-electron chi connectivity index (χ1n) is 4.84. The minimum atomic E-state index is 1.11. The molecule has 0 aliphatic carbocycles. The van der Waals surface area contributed by atoms with Gasteiger partial charge in [-0.25, -0.2) is 0 Å². The van der Waals surface area contributed by atoms with Gasteiger partial charge >= 0.3 is 0 Å². The van der Waals surface area contributed by atoms with Crippen LogP contribution in [0.4, 0.5) is 0 Å². The van der Waals surface area contributed by atoms with E-state index in [0.717, 1.165) is 12.1 Å².